The van der Waals surface area contributed by atoms with Gasteiger partial charge in [0.15, 0.2) is 0 Å². The summed E-state index contributed by atoms with van der Waals surface area (Å²) >= 11 is 0. The molecule has 21 heavy (non-hydrogen) atoms. The summed E-state index contributed by atoms with van der Waals surface area (Å²) in [6, 6.07) is 5.45. The third-order valence-electron chi connectivity index (χ3n) is 4.09. The highest BCUT2D eigenvalue weighted by Crippen LogP contribution is 2.32. The fraction of sp³-hybridized carbons (Fsp3) is 0.625. The predicted molar refractivity (Wildman–Crippen MR) is 84.2 cm³/mol. The van der Waals surface area contributed by atoms with Crippen molar-refractivity contribution in [3.63, 3.8) is 0 Å². The second kappa shape index (κ2) is 6.36. The van der Waals surface area contributed by atoms with Crippen LogP contribution in [0, 0.1) is 5.92 Å². The third-order valence-corrected chi connectivity index (χ3v) is 5.98. The Kier molecular flexibility index (Phi) is 4.94. The molecule has 0 spiro atoms. The number of ether oxygens (including phenoxy) is 1. The maximum atomic E-state index is 12.9. The molecule has 1 saturated heterocycles. The van der Waals surface area contributed by atoms with E-state index in [9.17, 15) is 8.42 Å². The van der Waals surface area contributed by atoms with Gasteiger partial charge in [0.1, 0.15) is 10.6 Å². The minimum Gasteiger partial charge on any atom is -0.495 e. The highest BCUT2D eigenvalue weighted by atomic mass is 32.2. The van der Waals surface area contributed by atoms with Crippen LogP contribution in [0.3, 0.4) is 0 Å². The Morgan fingerprint density at radius 2 is 2.05 bits per heavy atom. The van der Waals surface area contributed by atoms with Gasteiger partial charge >= 0.3 is 0 Å². The molecule has 0 aliphatic carbocycles. The molecule has 0 aromatic heterocycles. The summed E-state index contributed by atoms with van der Waals surface area (Å²) in [6.45, 7) is 7.41. The van der Waals surface area contributed by atoms with E-state index in [2.05, 4.69) is 20.8 Å². The molecule has 1 aliphatic heterocycles. The van der Waals surface area contributed by atoms with Gasteiger partial charge in [0, 0.05) is 13.1 Å². The van der Waals surface area contributed by atoms with Gasteiger partial charge in [-0.1, -0.05) is 26.8 Å². The number of hydrogen-bond donors (Lipinski definition) is 0. The molecule has 5 heteroatoms. The van der Waals surface area contributed by atoms with Gasteiger partial charge in [0.25, 0.3) is 0 Å². The van der Waals surface area contributed by atoms with Crippen molar-refractivity contribution in [3.05, 3.63) is 23.8 Å². The summed E-state index contributed by atoms with van der Waals surface area (Å²) in [6.07, 6.45) is 2.02. The van der Waals surface area contributed by atoms with Crippen molar-refractivity contribution in [2.75, 3.05) is 20.2 Å². The van der Waals surface area contributed by atoms with Crippen LogP contribution in [-0.2, 0) is 10.0 Å². The number of nitrogens with zero attached hydrogens (tertiary/aromatic N) is 1. The van der Waals surface area contributed by atoms with Crippen molar-refractivity contribution in [2.45, 2.75) is 44.4 Å². The Morgan fingerprint density at radius 3 is 2.62 bits per heavy atom. The smallest absolute Gasteiger partial charge is 0.246 e. The SMILES string of the molecule is COc1ccc(C(C)C)cc1S(=O)(=O)N1CCCC(C)C1. The topological polar surface area (TPSA) is 46.6 Å². The van der Waals surface area contributed by atoms with Crippen LogP contribution in [0.2, 0.25) is 0 Å². The first kappa shape index (κ1) is 16.3. The van der Waals surface area contributed by atoms with E-state index in [-0.39, 0.29) is 5.92 Å². The number of benzene rings is 1. The fourth-order valence-corrected chi connectivity index (χ4v) is 4.55. The van der Waals surface area contributed by atoms with E-state index in [0.717, 1.165) is 18.4 Å². The Morgan fingerprint density at radius 1 is 1.33 bits per heavy atom. The van der Waals surface area contributed by atoms with Crippen LogP contribution in [-0.4, -0.2) is 32.9 Å². The quantitative estimate of drug-likeness (QED) is 0.857. The molecule has 4 nitrogen and oxygen atoms in total. The van der Waals surface area contributed by atoms with Crippen LogP contribution in [0.15, 0.2) is 23.1 Å². The van der Waals surface area contributed by atoms with Crippen molar-refractivity contribution in [3.8, 4) is 5.75 Å². The van der Waals surface area contributed by atoms with E-state index < -0.39 is 10.0 Å². The van der Waals surface area contributed by atoms with Gasteiger partial charge in [0.2, 0.25) is 10.0 Å². The largest absolute Gasteiger partial charge is 0.495 e. The molecule has 0 bridgehead atoms. The second-order valence-electron chi connectivity index (χ2n) is 6.18. The van der Waals surface area contributed by atoms with Gasteiger partial charge < -0.3 is 4.74 Å². The predicted octanol–water partition coefficient (Wildman–Crippen LogP) is 3.24. The molecule has 1 heterocycles. The van der Waals surface area contributed by atoms with Crippen LogP contribution in [0.25, 0.3) is 0 Å². The molecule has 1 aliphatic rings. The van der Waals surface area contributed by atoms with Crippen molar-refractivity contribution < 1.29 is 13.2 Å². The van der Waals surface area contributed by atoms with Gasteiger partial charge in [-0.15, -0.1) is 0 Å². The van der Waals surface area contributed by atoms with Crippen molar-refractivity contribution in [1.29, 1.82) is 0 Å². The van der Waals surface area contributed by atoms with Gasteiger partial charge in [0.05, 0.1) is 7.11 Å². The summed E-state index contributed by atoms with van der Waals surface area (Å²) in [5.41, 5.74) is 1.01. The molecule has 0 saturated carbocycles. The molecule has 1 fully saturated rings. The van der Waals surface area contributed by atoms with Crippen molar-refractivity contribution >= 4 is 10.0 Å². The number of methoxy groups -OCH3 is 1. The van der Waals surface area contributed by atoms with Gasteiger partial charge in [-0.25, -0.2) is 8.42 Å². The third kappa shape index (κ3) is 3.40. The Bertz CT molecular complexity index is 596. The van der Waals surface area contributed by atoms with E-state index in [1.807, 2.05) is 6.07 Å². The summed E-state index contributed by atoms with van der Waals surface area (Å²) in [4.78, 5) is 0.297. The molecule has 1 aromatic rings. The normalized spacial score (nSPS) is 20.7. The van der Waals surface area contributed by atoms with E-state index in [1.165, 1.54) is 7.11 Å². The van der Waals surface area contributed by atoms with Crippen LogP contribution in [0.1, 0.15) is 45.1 Å². The number of hydrogen-bond acceptors (Lipinski definition) is 3. The monoisotopic (exact) mass is 311 g/mol. The molecule has 0 amide bonds. The van der Waals surface area contributed by atoms with E-state index in [0.29, 0.717) is 29.7 Å². The Hall–Kier alpha value is -1.07. The lowest BCUT2D eigenvalue weighted by Gasteiger charge is -2.30. The van der Waals surface area contributed by atoms with Crippen molar-refractivity contribution in [2.24, 2.45) is 5.92 Å². The van der Waals surface area contributed by atoms with Gasteiger partial charge in [-0.05, 0) is 42.4 Å². The van der Waals surface area contributed by atoms with E-state index in [4.69, 9.17) is 4.74 Å². The van der Waals surface area contributed by atoms with Crippen molar-refractivity contribution in [1.82, 2.24) is 4.31 Å². The summed E-state index contributed by atoms with van der Waals surface area (Å²) < 4.78 is 32.7. The molecule has 0 radical (unpaired) electrons. The molecular weight excluding hydrogens is 286 g/mol. The minimum atomic E-state index is -3.49. The van der Waals surface area contributed by atoms with Gasteiger partial charge in [-0.3, -0.25) is 0 Å². The first-order chi connectivity index (χ1) is 9.86. The van der Waals surface area contributed by atoms with Crippen LogP contribution in [0.4, 0.5) is 0 Å². The van der Waals surface area contributed by atoms with E-state index in [1.54, 1.807) is 16.4 Å². The maximum absolute atomic E-state index is 12.9. The Balaban J connectivity index is 2.44. The zero-order valence-electron chi connectivity index (χ0n) is 13.3. The summed E-state index contributed by atoms with van der Waals surface area (Å²) in [5.74, 6) is 1.12. The van der Waals surface area contributed by atoms with E-state index >= 15 is 0 Å². The molecule has 0 N–H and O–H groups in total. The molecule has 1 atom stereocenters. The average Bonchev–Trinajstić information content (AvgIpc) is 2.46. The minimum absolute atomic E-state index is 0.283. The maximum Gasteiger partial charge on any atom is 0.246 e. The first-order valence-corrected chi connectivity index (χ1v) is 8.98. The molecule has 118 valence electrons. The van der Waals surface area contributed by atoms with Crippen LogP contribution >= 0.6 is 0 Å². The average molecular weight is 311 g/mol. The zero-order valence-corrected chi connectivity index (χ0v) is 14.1. The highest BCUT2D eigenvalue weighted by Gasteiger charge is 2.31. The number of sulfonamides is 1. The lowest BCUT2D eigenvalue weighted by Crippen LogP contribution is -2.39. The molecule has 1 unspecified atom stereocenters. The summed E-state index contributed by atoms with van der Waals surface area (Å²) in [7, 11) is -1.97. The van der Waals surface area contributed by atoms with Crippen LogP contribution < -0.4 is 4.74 Å². The summed E-state index contributed by atoms with van der Waals surface area (Å²) in [5, 5.41) is 0. The fourth-order valence-electron chi connectivity index (χ4n) is 2.76. The zero-order chi connectivity index (χ0) is 15.6. The van der Waals surface area contributed by atoms with Gasteiger partial charge in [-0.2, -0.15) is 4.31 Å². The lowest BCUT2D eigenvalue weighted by molar-refractivity contribution is 0.280. The first-order valence-electron chi connectivity index (χ1n) is 7.54. The number of rotatable bonds is 4. The standard InChI is InChI=1S/C16H25NO3S/c1-12(2)14-7-8-15(20-4)16(10-14)21(18,19)17-9-5-6-13(3)11-17/h7-8,10,12-13H,5-6,9,11H2,1-4H3. The molecule has 2 rings (SSSR count). The molecular formula is C16H25NO3S. The van der Waals surface area contributed by atoms with Crippen LogP contribution in [0.5, 0.6) is 5.75 Å². The Labute approximate surface area is 128 Å². The molecule has 1 aromatic carbocycles. The lowest BCUT2D eigenvalue weighted by atomic mass is 10.0. The highest BCUT2D eigenvalue weighted by molar-refractivity contribution is 7.89. The number of piperidine rings is 1. The second-order valence-corrected chi connectivity index (χ2v) is 8.08.